The van der Waals surface area contributed by atoms with E-state index in [2.05, 4.69) is 20.0 Å². The molecule has 96 valence electrons. The number of nitrogens with zero attached hydrogens (tertiary/aromatic N) is 5. The Kier molecular flexibility index (Phi) is 2.83. The van der Waals surface area contributed by atoms with Crippen molar-refractivity contribution in [2.24, 2.45) is 0 Å². The molecule has 1 saturated heterocycles. The van der Waals surface area contributed by atoms with E-state index in [0.717, 1.165) is 37.3 Å². The Morgan fingerprint density at radius 1 is 1.39 bits per heavy atom. The first-order chi connectivity index (χ1) is 8.66. The number of rotatable bonds is 1. The van der Waals surface area contributed by atoms with Crippen LogP contribution < -0.4 is 4.90 Å². The zero-order chi connectivity index (χ0) is 12.7. The number of aliphatic hydroxyl groups excluding tert-OH is 1. The van der Waals surface area contributed by atoms with Gasteiger partial charge >= 0.3 is 0 Å². The first-order valence-corrected chi connectivity index (χ1v) is 6.33. The van der Waals surface area contributed by atoms with Crippen LogP contribution in [0.1, 0.15) is 18.4 Å². The molecule has 3 rings (SSSR count). The van der Waals surface area contributed by atoms with E-state index in [-0.39, 0.29) is 6.10 Å². The maximum Gasteiger partial charge on any atom is 0.255 e. The Morgan fingerprint density at radius 3 is 2.83 bits per heavy atom. The molecule has 0 aliphatic carbocycles. The van der Waals surface area contributed by atoms with Gasteiger partial charge < -0.3 is 10.0 Å². The predicted molar refractivity (Wildman–Crippen MR) is 68.0 cm³/mol. The van der Waals surface area contributed by atoms with E-state index in [1.165, 1.54) is 6.33 Å². The van der Waals surface area contributed by atoms with Gasteiger partial charge in [0.1, 0.15) is 17.3 Å². The molecule has 0 spiro atoms. The zero-order valence-electron chi connectivity index (χ0n) is 10.0. The van der Waals surface area contributed by atoms with Crippen molar-refractivity contribution in [1.29, 1.82) is 0 Å². The van der Waals surface area contributed by atoms with Gasteiger partial charge in [-0.05, 0) is 19.8 Å². The quantitative estimate of drug-likeness (QED) is 0.783. The Morgan fingerprint density at radius 2 is 2.11 bits per heavy atom. The SMILES string of the molecule is Cc1c(Cl)nc2ncnn2c1N1CCC(O)CC1. The van der Waals surface area contributed by atoms with Crippen LogP contribution in [0.15, 0.2) is 6.33 Å². The second kappa shape index (κ2) is 4.37. The predicted octanol–water partition coefficient (Wildman–Crippen LogP) is 1.05. The van der Waals surface area contributed by atoms with E-state index in [0.29, 0.717) is 10.9 Å². The van der Waals surface area contributed by atoms with Gasteiger partial charge in [-0.15, -0.1) is 0 Å². The van der Waals surface area contributed by atoms with Crippen LogP contribution in [0, 0.1) is 6.92 Å². The van der Waals surface area contributed by atoms with E-state index < -0.39 is 0 Å². The number of aromatic nitrogens is 4. The van der Waals surface area contributed by atoms with E-state index in [1.54, 1.807) is 4.52 Å². The third kappa shape index (κ3) is 1.81. The maximum atomic E-state index is 9.57. The molecule has 0 bridgehead atoms. The first-order valence-electron chi connectivity index (χ1n) is 5.95. The highest BCUT2D eigenvalue weighted by Gasteiger charge is 2.23. The third-order valence-corrected chi connectivity index (χ3v) is 3.71. The zero-order valence-corrected chi connectivity index (χ0v) is 10.8. The van der Waals surface area contributed by atoms with Gasteiger partial charge in [0, 0.05) is 18.7 Å². The van der Waals surface area contributed by atoms with Crippen molar-refractivity contribution in [3.05, 3.63) is 17.0 Å². The summed E-state index contributed by atoms with van der Waals surface area (Å²) in [4.78, 5) is 10.4. The summed E-state index contributed by atoms with van der Waals surface area (Å²) < 4.78 is 1.71. The minimum atomic E-state index is -0.204. The van der Waals surface area contributed by atoms with Crippen LogP contribution in [0.3, 0.4) is 0 Å². The number of hydrogen-bond acceptors (Lipinski definition) is 5. The van der Waals surface area contributed by atoms with Crippen LogP contribution in [0.2, 0.25) is 5.15 Å². The molecule has 1 fully saturated rings. The normalized spacial score (nSPS) is 17.6. The number of hydrogen-bond donors (Lipinski definition) is 1. The standard InChI is InChI=1S/C11H14ClN5O/c1-7-9(12)15-11-13-6-14-17(11)10(7)16-4-2-8(18)3-5-16/h6,8,18H,2-5H2,1H3. The summed E-state index contributed by atoms with van der Waals surface area (Å²) in [6, 6.07) is 0. The highest BCUT2D eigenvalue weighted by molar-refractivity contribution is 6.30. The van der Waals surface area contributed by atoms with E-state index in [9.17, 15) is 5.11 Å². The van der Waals surface area contributed by atoms with Gasteiger partial charge in [0.15, 0.2) is 0 Å². The summed E-state index contributed by atoms with van der Waals surface area (Å²) >= 11 is 6.13. The Labute approximate surface area is 109 Å². The minimum Gasteiger partial charge on any atom is -0.393 e. The molecule has 1 N–H and O–H groups in total. The molecule has 7 heteroatoms. The van der Waals surface area contributed by atoms with Crippen molar-refractivity contribution in [3.63, 3.8) is 0 Å². The Bertz CT molecular complexity index is 576. The van der Waals surface area contributed by atoms with Gasteiger partial charge in [0.2, 0.25) is 0 Å². The summed E-state index contributed by atoms with van der Waals surface area (Å²) in [6.07, 6.45) is 2.79. The second-order valence-corrected chi connectivity index (χ2v) is 4.90. The van der Waals surface area contributed by atoms with Crippen molar-refractivity contribution in [3.8, 4) is 0 Å². The molecule has 0 aromatic carbocycles. The maximum absolute atomic E-state index is 9.57. The van der Waals surface area contributed by atoms with E-state index in [4.69, 9.17) is 11.6 Å². The lowest BCUT2D eigenvalue weighted by Gasteiger charge is -2.32. The molecular formula is C11H14ClN5O. The topological polar surface area (TPSA) is 66.5 Å². The smallest absolute Gasteiger partial charge is 0.255 e. The summed E-state index contributed by atoms with van der Waals surface area (Å²) in [5.41, 5.74) is 0.894. The molecule has 1 aliphatic rings. The fraction of sp³-hybridized carbons (Fsp3) is 0.545. The summed E-state index contributed by atoms with van der Waals surface area (Å²) in [6.45, 7) is 3.51. The molecular weight excluding hydrogens is 254 g/mol. The van der Waals surface area contributed by atoms with Crippen molar-refractivity contribution in [1.82, 2.24) is 19.6 Å². The number of halogens is 1. The molecule has 3 heterocycles. The molecule has 0 saturated carbocycles. The first kappa shape index (κ1) is 11.7. The molecule has 0 radical (unpaired) electrons. The number of fused-ring (bicyclic) bond motifs is 1. The molecule has 18 heavy (non-hydrogen) atoms. The van der Waals surface area contributed by atoms with Crippen molar-refractivity contribution >= 4 is 23.2 Å². The molecule has 6 nitrogen and oxygen atoms in total. The fourth-order valence-corrected chi connectivity index (χ4v) is 2.49. The highest BCUT2D eigenvalue weighted by Crippen LogP contribution is 2.27. The lowest BCUT2D eigenvalue weighted by Crippen LogP contribution is -2.37. The van der Waals surface area contributed by atoms with Crippen LogP contribution in [0.5, 0.6) is 0 Å². The van der Waals surface area contributed by atoms with E-state index >= 15 is 0 Å². The average Bonchev–Trinajstić information content (AvgIpc) is 2.80. The summed E-state index contributed by atoms with van der Waals surface area (Å²) in [5.74, 6) is 1.43. The molecule has 1 aliphatic heterocycles. The average molecular weight is 268 g/mol. The van der Waals surface area contributed by atoms with Crippen LogP contribution in [0.4, 0.5) is 5.82 Å². The number of aliphatic hydroxyl groups is 1. The van der Waals surface area contributed by atoms with Gasteiger partial charge in [-0.2, -0.15) is 19.6 Å². The summed E-state index contributed by atoms with van der Waals surface area (Å²) in [7, 11) is 0. The molecule has 2 aromatic heterocycles. The van der Waals surface area contributed by atoms with Crippen LogP contribution in [-0.2, 0) is 0 Å². The highest BCUT2D eigenvalue weighted by atomic mass is 35.5. The van der Waals surface area contributed by atoms with Gasteiger partial charge in [-0.25, -0.2) is 0 Å². The van der Waals surface area contributed by atoms with Crippen molar-refractivity contribution in [2.45, 2.75) is 25.9 Å². The fourth-order valence-electron chi connectivity index (χ4n) is 2.33. The minimum absolute atomic E-state index is 0.204. The third-order valence-electron chi connectivity index (χ3n) is 3.34. The van der Waals surface area contributed by atoms with Crippen LogP contribution in [-0.4, -0.2) is 43.9 Å². The molecule has 2 aromatic rings. The van der Waals surface area contributed by atoms with Gasteiger partial charge in [0.05, 0.1) is 6.10 Å². The Balaban J connectivity index is 2.09. The number of anilines is 1. The van der Waals surface area contributed by atoms with Crippen LogP contribution in [0.25, 0.3) is 5.78 Å². The lowest BCUT2D eigenvalue weighted by molar-refractivity contribution is 0.145. The summed E-state index contributed by atoms with van der Waals surface area (Å²) in [5, 5.41) is 14.2. The van der Waals surface area contributed by atoms with Gasteiger partial charge in [-0.3, -0.25) is 0 Å². The number of piperidine rings is 1. The van der Waals surface area contributed by atoms with Gasteiger partial charge in [0.25, 0.3) is 5.78 Å². The van der Waals surface area contributed by atoms with Crippen molar-refractivity contribution in [2.75, 3.05) is 18.0 Å². The van der Waals surface area contributed by atoms with Crippen LogP contribution >= 0.6 is 11.6 Å². The van der Waals surface area contributed by atoms with Crippen molar-refractivity contribution < 1.29 is 5.11 Å². The van der Waals surface area contributed by atoms with Gasteiger partial charge in [-0.1, -0.05) is 11.6 Å². The monoisotopic (exact) mass is 267 g/mol. The lowest BCUT2D eigenvalue weighted by atomic mass is 10.1. The second-order valence-electron chi connectivity index (χ2n) is 4.54. The Hall–Kier alpha value is -1.40. The molecule has 0 atom stereocenters. The molecule has 0 amide bonds. The molecule has 0 unspecified atom stereocenters. The van der Waals surface area contributed by atoms with E-state index in [1.807, 2.05) is 6.92 Å². The largest absolute Gasteiger partial charge is 0.393 e.